The molecule has 0 radical (unpaired) electrons. The van der Waals surface area contributed by atoms with Crippen LogP contribution in [-0.2, 0) is 25.9 Å². The zero-order valence-electron chi connectivity index (χ0n) is 18.1. The molecular formula is C21H25BFNO6S. The second kappa shape index (κ2) is 8.25. The largest absolute Gasteiger partial charge is 0.494 e. The summed E-state index contributed by atoms with van der Waals surface area (Å²) in [4.78, 5) is 11.8. The fourth-order valence-corrected chi connectivity index (χ4v) is 3.38. The molecule has 1 aliphatic rings. The first-order valence-corrected chi connectivity index (χ1v) is 11.6. The molecular weight excluding hydrogens is 424 g/mol. The molecule has 1 aliphatic heterocycles. The Hall–Kier alpha value is -2.43. The molecule has 1 N–H and O–H groups in total. The molecule has 2 aromatic carbocycles. The molecule has 31 heavy (non-hydrogen) atoms. The first-order chi connectivity index (χ1) is 14.3. The molecule has 0 bridgehead atoms. The van der Waals surface area contributed by atoms with Gasteiger partial charge in [0, 0.05) is 11.1 Å². The summed E-state index contributed by atoms with van der Waals surface area (Å²) in [5, 5.41) is 0. The van der Waals surface area contributed by atoms with Gasteiger partial charge in [0.1, 0.15) is 18.2 Å². The van der Waals surface area contributed by atoms with Crippen LogP contribution in [0.4, 0.5) is 4.39 Å². The molecule has 1 fully saturated rings. The summed E-state index contributed by atoms with van der Waals surface area (Å²) in [6, 6.07) is 10.9. The third-order valence-corrected chi connectivity index (χ3v) is 5.93. The van der Waals surface area contributed by atoms with E-state index in [1.165, 1.54) is 12.1 Å². The Kier molecular flexibility index (Phi) is 6.19. The molecule has 0 aliphatic carbocycles. The first kappa shape index (κ1) is 23.2. The van der Waals surface area contributed by atoms with E-state index in [0.717, 1.165) is 17.8 Å². The number of sulfonamides is 1. The molecule has 1 amide bonds. The molecule has 0 saturated carbocycles. The van der Waals surface area contributed by atoms with E-state index in [2.05, 4.69) is 0 Å². The molecule has 0 aromatic heterocycles. The Bertz CT molecular complexity index is 1090. The summed E-state index contributed by atoms with van der Waals surface area (Å²) in [5.74, 6) is -1.07. The lowest BCUT2D eigenvalue weighted by Crippen LogP contribution is -2.41. The van der Waals surface area contributed by atoms with Crippen LogP contribution in [0.3, 0.4) is 0 Å². The van der Waals surface area contributed by atoms with Crippen molar-refractivity contribution < 1.29 is 31.6 Å². The molecule has 3 rings (SSSR count). The first-order valence-electron chi connectivity index (χ1n) is 9.66. The highest BCUT2D eigenvalue weighted by Crippen LogP contribution is 2.36. The number of nitrogens with one attached hydrogen (secondary N) is 1. The standard InChI is InChI=1S/C21H25BFNO6S/c1-20(2)21(3,4)30-22(29-20)16-7-6-8-17(12-16)28-13-15-10-9-14(11-18(15)23)19(25)24-31(5,26)27/h6-12H,13H2,1-5H3,(H,24,25). The van der Waals surface area contributed by atoms with Crippen molar-refractivity contribution in [3.63, 3.8) is 0 Å². The molecule has 166 valence electrons. The second-order valence-electron chi connectivity index (χ2n) is 8.46. The molecule has 1 heterocycles. The van der Waals surface area contributed by atoms with Crippen molar-refractivity contribution in [3.05, 3.63) is 59.4 Å². The molecule has 0 unspecified atom stereocenters. The minimum absolute atomic E-state index is 0.0768. The number of carbonyl (C=O) groups excluding carboxylic acids is 1. The summed E-state index contributed by atoms with van der Waals surface area (Å²) in [6.07, 6.45) is 0.848. The van der Waals surface area contributed by atoms with Crippen molar-refractivity contribution in [3.8, 4) is 5.75 Å². The van der Waals surface area contributed by atoms with Crippen molar-refractivity contribution in [2.24, 2.45) is 0 Å². The van der Waals surface area contributed by atoms with Crippen molar-refractivity contribution in [2.45, 2.75) is 45.5 Å². The Morgan fingerprint density at radius 2 is 1.74 bits per heavy atom. The third-order valence-electron chi connectivity index (χ3n) is 5.37. The van der Waals surface area contributed by atoms with E-state index >= 15 is 0 Å². The lowest BCUT2D eigenvalue weighted by molar-refractivity contribution is 0.00578. The van der Waals surface area contributed by atoms with Crippen molar-refractivity contribution in [1.82, 2.24) is 4.72 Å². The molecule has 0 atom stereocenters. The van der Waals surface area contributed by atoms with Crippen LogP contribution >= 0.6 is 0 Å². The van der Waals surface area contributed by atoms with Crippen LogP contribution in [0, 0.1) is 5.82 Å². The summed E-state index contributed by atoms with van der Waals surface area (Å²) in [5.41, 5.74) is -0.0400. The summed E-state index contributed by atoms with van der Waals surface area (Å²) in [6.45, 7) is 7.80. The monoisotopic (exact) mass is 449 g/mol. The number of ether oxygens (including phenoxy) is 1. The van der Waals surface area contributed by atoms with Crippen molar-refractivity contribution in [1.29, 1.82) is 0 Å². The van der Waals surface area contributed by atoms with Crippen molar-refractivity contribution >= 4 is 28.5 Å². The minimum atomic E-state index is -3.73. The van der Waals surface area contributed by atoms with E-state index in [-0.39, 0.29) is 17.7 Å². The highest BCUT2D eigenvalue weighted by molar-refractivity contribution is 7.89. The predicted octanol–water partition coefficient (Wildman–Crippen LogP) is 2.39. The molecule has 7 nitrogen and oxygen atoms in total. The van der Waals surface area contributed by atoms with Gasteiger partial charge in [-0.3, -0.25) is 4.79 Å². The Morgan fingerprint density at radius 3 is 2.32 bits per heavy atom. The molecule has 0 spiro atoms. The van der Waals surface area contributed by atoms with Crippen molar-refractivity contribution in [2.75, 3.05) is 6.26 Å². The fourth-order valence-electron chi connectivity index (χ4n) is 2.92. The lowest BCUT2D eigenvalue weighted by Gasteiger charge is -2.32. The van der Waals surface area contributed by atoms with Gasteiger partial charge < -0.3 is 14.0 Å². The fraction of sp³-hybridized carbons (Fsp3) is 0.381. The van der Waals surface area contributed by atoms with Gasteiger partial charge in [0.2, 0.25) is 10.0 Å². The maximum atomic E-state index is 14.4. The maximum Gasteiger partial charge on any atom is 0.494 e. The number of hydrogen-bond donors (Lipinski definition) is 1. The van der Waals surface area contributed by atoms with E-state index < -0.39 is 40.1 Å². The van der Waals surface area contributed by atoms with Crippen LogP contribution in [-0.4, -0.2) is 38.9 Å². The van der Waals surface area contributed by atoms with Gasteiger partial charge in [0.05, 0.1) is 17.5 Å². The maximum absolute atomic E-state index is 14.4. The van der Waals surface area contributed by atoms with Crippen LogP contribution in [0.5, 0.6) is 5.75 Å². The average Bonchev–Trinajstić information content (AvgIpc) is 2.87. The number of benzene rings is 2. The average molecular weight is 449 g/mol. The van der Waals surface area contributed by atoms with Gasteiger partial charge in [-0.05, 0) is 57.4 Å². The molecule has 10 heteroatoms. The molecule has 2 aromatic rings. The van der Waals surface area contributed by atoms with Gasteiger partial charge >= 0.3 is 7.12 Å². The van der Waals surface area contributed by atoms with Gasteiger partial charge in [0.25, 0.3) is 5.91 Å². The van der Waals surface area contributed by atoms with Gasteiger partial charge in [-0.15, -0.1) is 0 Å². The Morgan fingerprint density at radius 1 is 1.10 bits per heavy atom. The van der Waals surface area contributed by atoms with E-state index in [9.17, 15) is 17.6 Å². The van der Waals surface area contributed by atoms with Gasteiger partial charge in [-0.1, -0.05) is 18.2 Å². The highest BCUT2D eigenvalue weighted by atomic mass is 32.2. The predicted molar refractivity (Wildman–Crippen MR) is 115 cm³/mol. The summed E-state index contributed by atoms with van der Waals surface area (Å²) < 4.78 is 56.3. The van der Waals surface area contributed by atoms with Gasteiger partial charge in [-0.2, -0.15) is 0 Å². The second-order valence-corrected chi connectivity index (χ2v) is 10.2. The number of amides is 1. The number of rotatable bonds is 6. The van der Waals surface area contributed by atoms with E-state index in [1.807, 2.05) is 33.8 Å². The smallest absolute Gasteiger partial charge is 0.489 e. The van der Waals surface area contributed by atoms with Crippen LogP contribution < -0.4 is 14.9 Å². The van der Waals surface area contributed by atoms with Crippen LogP contribution in [0.2, 0.25) is 0 Å². The lowest BCUT2D eigenvalue weighted by atomic mass is 9.79. The summed E-state index contributed by atoms with van der Waals surface area (Å²) >= 11 is 0. The van der Waals surface area contributed by atoms with Crippen LogP contribution in [0.1, 0.15) is 43.6 Å². The zero-order chi connectivity index (χ0) is 23.0. The van der Waals surface area contributed by atoms with Crippen LogP contribution in [0.25, 0.3) is 0 Å². The molecule has 1 saturated heterocycles. The SMILES string of the molecule is CC1(C)OB(c2cccc(OCc3ccc(C(=O)NS(C)(=O)=O)cc3F)c2)OC1(C)C. The van der Waals surface area contributed by atoms with Gasteiger partial charge in [0.15, 0.2) is 0 Å². The number of halogens is 1. The minimum Gasteiger partial charge on any atom is -0.489 e. The zero-order valence-corrected chi connectivity index (χ0v) is 18.9. The topological polar surface area (TPSA) is 90.9 Å². The van der Waals surface area contributed by atoms with Gasteiger partial charge in [-0.25, -0.2) is 17.5 Å². The van der Waals surface area contributed by atoms with E-state index in [0.29, 0.717) is 5.75 Å². The highest BCUT2D eigenvalue weighted by Gasteiger charge is 2.51. The number of carbonyl (C=O) groups is 1. The van der Waals surface area contributed by atoms with E-state index in [1.54, 1.807) is 22.9 Å². The quantitative estimate of drug-likeness (QED) is 0.682. The third kappa shape index (κ3) is 5.44. The normalized spacial score (nSPS) is 17.4. The Balaban J connectivity index is 1.68. The van der Waals surface area contributed by atoms with Crippen LogP contribution in [0.15, 0.2) is 42.5 Å². The number of hydrogen-bond acceptors (Lipinski definition) is 6. The Labute approximate surface area is 182 Å². The summed E-state index contributed by atoms with van der Waals surface area (Å²) in [7, 11) is -4.28. The van der Waals surface area contributed by atoms with E-state index in [4.69, 9.17) is 14.0 Å².